The fourth-order valence-corrected chi connectivity index (χ4v) is 3.15. The largest absolute Gasteiger partial charge is 0.396 e. The number of nitro groups is 1. The number of non-ortho nitro benzene ring substituents is 1. The molecule has 1 N–H and O–H groups in total. The van der Waals surface area contributed by atoms with Crippen LogP contribution in [0.3, 0.4) is 0 Å². The topological polar surface area (TPSA) is 98.3 Å². The highest BCUT2D eigenvalue weighted by Gasteiger charge is 2.10. The third-order valence-electron chi connectivity index (χ3n) is 4.01. The molecular formula is C19H16IN3O4. The van der Waals surface area contributed by atoms with Crippen molar-refractivity contribution < 1.29 is 10.0 Å². The Labute approximate surface area is 168 Å². The highest BCUT2D eigenvalue weighted by atomic mass is 127. The predicted molar refractivity (Wildman–Crippen MR) is 112 cm³/mol. The van der Waals surface area contributed by atoms with Gasteiger partial charge in [-0.1, -0.05) is 6.08 Å². The van der Waals surface area contributed by atoms with Crippen molar-refractivity contribution in [2.24, 2.45) is 0 Å². The molecule has 27 heavy (non-hydrogen) atoms. The van der Waals surface area contributed by atoms with E-state index in [1.165, 1.54) is 16.7 Å². The second kappa shape index (κ2) is 8.40. The molecule has 0 aliphatic rings. The van der Waals surface area contributed by atoms with Gasteiger partial charge in [0.05, 0.1) is 15.8 Å². The summed E-state index contributed by atoms with van der Waals surface area (Å²) in [6, 6.07) is 11.6. The molecule has 3 rings (SSSR count). The van der Waals surface area contributed by atoms with Crippen molar-refractivity contribution in [3.63, 3.8) is 0 Å². The zero-order chi connectivity index (χ0) is 19.4. The lowest BCUT2D eigenvalue weighted by atomic mass is 10.2. The van der Waals surface area contributed by atoms with Crippen LogP contribution in [0, 0.1) is 13.7 Å². The first-order chi connectivity index (χ1) is 13.0. The monoisotopic (exact) mass is 477 g/mol. The van der Waals surface area contributed by atoms with Crippen molar-refractivity contribution in [3.05, 3.63) is 77.9 Å². The molecule has 2 aromatic carbocycles. The third-order valence-corrected chi connectivity index (χ3v) is 4.69. The van der Waals surface area contributed by atoms with Crippen molar-refractivity contribution >= 4 is 51.3 Å². The summed E-state index contributed by atoms with van der Waals surface area (Å²) in [5.41, 5.74) is 1.22. The van der Waals surface area contributed by atoms with E-state index in [0.29, 0.717) is 29.7 Å². The van der Waals surface area contributed by atoms with E-state index in [1.807, 2.05) is 6.07 Å². The Bertz CT molecular complexity index is 1070. The van der Waals surface area contributed by atoms with E-state index in [0.717, 1.165) is 9.13 Å². The lowest BCUT2D eigenvalue weighted by Crippen LogP contribution is -2.24. The van der Waals surface area contributed by atoms with Gasteiger partial charge in [0.15, 0.2) is 0 Å². The second-order valence-electron chi connectivity index (χ2n) is 5.85. The number of hydrogen-bond acceptors (Lipinski definition) is 5. The van der Waals surface area contributed by atoms with Crippen LogP contribution in [0.2, 0.25) is 0 Å². The zero-order valence-corrected chi connectivity index (χ0v) is 16.4. The number of aromatic nitrogens is 2. The molecule has 3 aromatic rings. The summed E-state index contributed by atoms with van der Waals surface area (Å²) in [7, 11) is 0. The van der Waals surface area contributed by atoms with Crippen LogP contribution in [0.4, 0.5) is 5.69 Å². The summed E-state index contributed by atoms with van der Waals surface area (Å²) in [4.78, 5) is 27.7. The average Bonchev–Trinajstić information content (AvgIpc) is 2.66. The first-order valence-corrected chi connectivity index (χ1v) is 9.31. The Kier molecular flexibility index (Phi) is 5.97. The summed E-state index contributed by atoms with van der Waals surface area (Å²) in [6.45, 7) is 0.325. The number of nitro benzene ring substituents is 1. The number of benzene rings is 2. The molecule has 7 nitrogen and oxygen atoms in total. The Morgan fingerprint density at radius 3 is 2.59 bits per heavy atom. The van der Waals surface area contributed by atoms with Crippen molar-refractivity contribution in [2.45, 2.75) is 13.0 Å². The quantitative estimate of drug-likeness (QED) is 0.333. The van der Waals surface area contributed by atoms with Gasteiger partial charge in [-0.3, -0.25) is 19.5 Å². The first kappa shape index (κ1) is 19.2. The molecule has 1 heterocycles. The van der Waals surface area contributed by atoms with Crippen LogP contribution in [0.5, 0.6) is 0 Å². The van der Waals surface area contributed by atoms with Crippen LogP contribution in [0.1, 0.15) is 17.8 Å². The lowest BCUT2D eigenvalue weighted by molar-refractivity contribution is -0.384. The molecule has 0 bridgehead atoms. The van der Waals surface area contributed by atoms with Crippen LogP contribution in [0.15, 0.2) is 47.3 Å². The molecule has 1 aromatic heterocycles. The normalized spacial score (nSPS) is 11.3. The number of rotatable bonds is 6. The first-order valence-electron chi connectivity index (χ1n) is 8.23. The molecule has 0 unspecified atom stereocenters. The molecule has 0 spiro atoms. The maximum absolute atomic E-state index is 12.9. The van der Waals surface area contributed by atoms with E-state index in [2.05, 4.69) is 27.6 Å². The van der Waals surface area contributed by atoms with Gasteiger partial charge in [0.1, 0.15) is 5.82 Å². The van der Waals surface area contributed by atoms with Gasteiger partial charge >= 0.3 is 0 Å². The highest BCUT2D eigenvalue weighted by molar-refractivity contribution is 14.1. The molecule has 0 saturated carbocycles. The van der Waals surface area contributed by atoms with Gasteiger partial charge in [0.2, 0.25) is 0 Å². The van der Waals surface area contributed by atoms with Gasteiger partial charge in [0, 0.05) is 28.9 Å². The molecule has 0 amide bonds. The Morgan fingerprint density at radius 2 is 1.93 bits per heavy atom. The number of fused-ring (bicyclic) bond motifs is 1. The van der Waals surface area contributed by atoms with Crippen LogP contribution in [0.25, 0.3) is 23.1 Å². The number of hydrogen-bond donors (Lipinski definition) is 1. The molecule has 138 valence electrons. The minimum atomic E-state index is -0.452. The summed E-state index contributed by atoms with van der Waals surface area (Å²) in [5, 5.41) is 20.4. The molecule has 0 fully saturated rings. The summed E-state index contributed by atoms with van der Waals surface area (Å²) < 4.78 is 2.48. The van der Waals surface area contributed by atoms with E-state index in [1.54, 1.807) is 36.4 Å². The molecule has 0 radical (unpaired) electrons. The zero-order valence-electron chi connectivity index (χ0n) is 14.2. The maximum Gasteiger partial charge on any atom is 0.269 e. The molecule has 8 heteroatoms. The van der Waals surface area contributed by atoms with Crippen molar-refractivity contribution in [1.82, 2.24) is 9.55 Å². The van der Waals surface area contributed by atoms with Gasteiger partial charge in [-0.15, -0.1) is 0 Å². The summed E-state index contributed by atoms with van der Waals surface area (Å²) in [5.74, 6) is 0.473. The molecule has 0 atom stereocenters. The van der Waals surface area contributed by atoms with Crippen molar-refractivity contribution in [2.75, 3.05) is 6.61 Å². The van der Waals surface area contributed by atoms with E-state index >= 15 is 0 Å². The standard InChI is InChI=1S/C19H16IN3O4/c20-14-5-8-17-16(12-14)19(25)22(10-1-11-24)18(21-17)9-4-13-2-6-15(7-3-13)23(26)27/h2-9,12,24H,1,10-11H2/b9-4+. The molecule has 0 saturated heterocycles. The van der Waals surface area contributed by atoms with Crippen molar-refractivity contribution in [1.29, 1.82) is 0 Å². The molecule has 0 aliphatic heterocycles. The van der Waals surface area contributed by atoms with Gasteiger partial charge in [0.25, 0.3) is 11.2 Å². The fraction of sp³-hybridized carbons (Fsp3) is 0.158. The number of nitrogens with zero attached hydrogens (tertiary/aromatic N) is 3. The summed E-state index contributed by atoms with van der Waals surface area (Å²) in [6.07, 6.45) is 3.90. The maximum atomic E-state index is 12.9. The predicted octanol–water partition coefficient (Wildman–Crippen LogP) is 3.46. The minimum Gasteiger partial charge on any atom is -0.396 e. The lowest BCUT2D eigenvalue weighted by Gasteiger charge is -2.11. The second-order valence-corrected chi connectivity index (χ2v) is 7.09. The number of halogens is 1. The van der Waals surface area contributed by atoms with Gasteiger partial charge in [-0.25, -0.2) is 4.98 Å². The van der Waals surface area contributed by atoms with Crippen molar-refractivity contribution in [3.8, 4) is 0 Å². The van der Waals surface area contributed by atoms with E-state index in [9.17, 15) is 14.9 Å². The molecule has 0 aliphatic carbocycles. The van der Waals surface area contributed by atoms with E-state index in [-0.39, 0.29) is 17.9 Å². The van der Waals surface area contributed by atoms with Crippen LogP contribution >= 0.6 is 22.6 Å². The van der Waals surface area contributed by atoms with Crippen LogP contribution in [-0.4, -0.2) is 26.2 Å². The van der Waals surface area contributed by atoms with Gasteiger partial charge in [-0.05, 0) is 71.0 Å². The Hall–Kier alpha value is -2.59. The number of aliphatic hydroxyl groups excluding tert-OH is 1. The van der Waals surface area contributed by atoms with Crippen LogP contribution < -0.4 is 5.56 Å². The summed E-state index contributed by atoms with van der Waals surface area (Å²) >= 11 is 2.15. The van der Waals surface area contributed by atoms with E-state index < -0.39 is 4.92 Å². The highest BCUT2D eigenvalue weighted by Crippen LogP contribution is 2.16. The third kappa shape index (κ3) is 4.40. The Morgan fingerprint density at radius 1 is 1.19 bits per heavy atom. The van der Waals surface area contributed by atoms with Gasteiger partial charge < -0.3 is 5.11 Å². The van der Waals surface area contributed by atoms with Gasteiger partial charge in [-0.2, -0.15) is 0 Å². The van der Waals surface area contributed by atoms with Crippen LogP contribution in [-0.2, 0) is 6.54 Å². The molecular weight excluding hydrogens is 461 g/mol. The number of aliphatic hydroxyl groups is 1. The average molecular weight is 477 g/mol. The van der Waals surface area contributed by atoms with E-state index in [4.69, 9.17) is 5.11 Å². The Balaban J connectivity index is 2.04. The fourth-order valence-electron chi connectivity index (χ4n) is 2.66. The minimum absolute atomic E-state index is 0.0189. The SMILES string of the molecule is O=c1c2cc(I)ccc2nc(/C=C/c2ccc([N+](=O)[O-])cc2)n1CCCO. The smallest absolute Gasteiger partial charge is 0.269 e.